The van der Waals surface area contributed by atoms with Crippen LogP contribution in [-0.2, 0) is 0 Å². The van der Waals surface area contributed by atoms with Crippen molar-refractivity contribution in [2.45, 2.75) is 0 Å². The molecule has 0 spiro atoms. The molecule has 0 radical (unpaired) electrons. The number of hydrazone groups is 1. The molecular formula is C23H17N5O. The van der Waals surface area contributed by atoms with Crippen LogP contribution in [0.1, 0.15) is 16.1 Å². The number of nitrogens with one attached hydrogen (secondary N) is 3. The van der Waals surface area contributed by atoms with E-state index in [0.29, 0.717) is 11.4 Å². The second-order valence-electron chi connectivity index (χ2n) is 6.68. The van der Waals surface area contributed by atoms with E-state index in [4.69, 9.17) is 0 Å². The molecule has 1 amide bonds. The van der Waals surface area contributed by atoms with Crippen LogP contribution in [0.25, 0.3) is 32.9 Å². The van der Waals surface area contributed by atoms with Crippen LogP contribution in [0.5, 0.6) is 0 Å². The molecule has 3 N–H and O–H groups in total. The van der Waals surface area contributed by atoms with Gasteiger partial charge in [0.05, 0.1) is 11.9 Å². The Morgan fingerprint density at radius 3 is 2.69 bits per heavy atom. The number of para-hydroxylation sites is 1. The second kappa shape index (κ2) is 7.09. The maximum atomic E-state index is 12.4. The summed E-state index contributed by atoms with van der Waals surface area (Å²) in [7, 11) is 0. The van der Waals surface area contributed by atoms with Crippen LogP contribution in [0, 0.1) is 0 Å². The molecule has 0 aliphatic heterocycles. The fourth-order valence-corrected chi connectivity index (χ4v) is 3.45. The first kappa shape index (κ1) is 16.9. The highest BCUT2D eigenvalue weighted by Gasteiger charge is 2.12. The zero-order chi connectivity index (χ0) is 19.6. The van der Waals surface area contributed by atoms with Crippen LogP contribution >= 0.6 is 0 Å². The highest BCUT2D eigenvalue weighted by Crippen LogP contribution is 2.27. The Balaban J connectivity index is 1.36. The number of carbonyl (C=O) groups is 1. The average molecular weight is 379 g/mol. The van der Waals surface area contributed by atoms with Gasteiger partial charge in [-0.05, 0) is 22.9 Å². The van der Waals surface area contributed by atoms with Gasteiger partial charge >= 0.3 is 0 Å². The number of hydrogen-bond donors (Lipinski definition) is 3. The van der Waals surface area contributed by atoms with E-state index in [9.17, 15) is 4.79 Å². The number of carbonyl (C=O) groups excluding carboxylic acids is 1. The molecule has 29 heavy (non-hydrogen) atoms. The Labute approximate surface area is 166 Å². The first-order valence-corrected chi connectivity index (χ1v) is 9.23. The van der Waals surface area contributed by atoms with Crippen LogP contribution in [0.4, 0.5) is 0 Å². The van der Waals surface area contributed by atoms with Gasteiger partial charge in [0.1, 0.15) is 5.69 Å². The van der Waals surface area contributed by atoms with Crippen LogP contribution in [0.2, 0.25) is 0 Å². The summed E-state index contributed by atoms with van der Waals surface area (Å²) >= 11 is 0. The summed E-state index contributed by atoms with van der Waals surface area (Å²) in [5.74, 6) is -0.347. The molecule has 0 saturated heterocycles. The van der Waals surface area contributed by atoms with Crippen LogP contribution in [-0.4, -0.2) is 27.3 Å². The molecule has 2 heterocycles. The maximum absolute atomic E-state index is 12.4. The van der Waals surface area contributed by atoms with E-state index < -0.39 is 0 Å². The molecule has 5 aromatic rings. The number of aromatic amines is 2. The lowest BCUT2D eigenvalue weighted by Crippen LogP contribution is -2.17. The van der Waals surface area contributed by atoms with Crippen LogP contribution in [0.15, 0.2) is 84.1 Å². The first-order valence-electron chi connectivity index (χ1n) is 9.23. The van der Waals surface area contributed by atoms with Gasteiger partial charge in [-0.2, -0.15) is 10.2 Å². The first-order chi connectivity index (χ1) is 14.3. The number of amides is 1. The number of nitrogens with zero attached hydrogens (tertiary/aromatic N) is 2. The van der Waals surface area contributed by atoms with Crippen molar-refractivity contribution in [2.24, 2.45) is 5.10 Å². The van der Waals surface area contributed by atoms with E-state index in [1.807, 2.05) is 60.8 Å². The van der Waals surface area contributed by atoms with Gasteiger partial charge in [-0.3, -0.25) is 9.89 Å². The average Bonchev–Trinajstić information content (AvgIpc) is 3.41. The van der Waals surface area contributed by atoms with E-state index in [2.05, 4.69) is 37.8 Å². The molecule has 6 heteroatoms. The zero-order valence-electron chi connectivity index (χ0n) is 15.4. The lowest BCUT2D eigenvalue weighted by atomic mass is 10.0. The Morgan fingerprint density at radius 1 is 0.966 bits per heavy atom. The van der Waals surface area contributed by atoms with Gasteiger partial charge in [0, 0.05) is 28.2 Å². The summed E-state index contributed by atoms with van der Waals surface area (Å²) in [4.78, 5) is 15.6. The molecule has 0 aliphatic carbocycles. The summed E-state index contributed by atoms with van der Waals surface area (Å²) in [5, 5.41) is 14.5. The van der Waals surface area contributed by atoms with Crippen molar-refractivity contribution in [1.82, 2.24) is 20.6 Å². The van der Waals surface area contributed by atoms with Crippen molar-refractivity contribution in [3.8, 4) is 11.3 Å². The van der Waals surface area contributed by atoms with Gasteiger partial charge in [0.2, 0.25) is 0 Å². The minimum Gasteiger partial charge on any atom is -0.361 e. The van der Waals surface area contributed by atoms with Crippen molar-refractivity contribution >= 4 is 33.8 Å². The third-order valence-electron chi connectivity index (χ3n) is 4.88. The van der Waals surface area contributed by atoms with Gasteiger partial charge < -0.3 is 4.98 Å². The summed E-state index contributed by atoms with van der Waals surface area (Å²) in [6.45, 7) is 0. The predicted molar refractivity (Wildman–Crippen MR) is 115 cm³/mol. The largest absolute Gasteiger partial charge is 0.361 e. The lowest BCUT2D eigenvalue weighted by Gasteiger charge is -2.02. The molecule has 0 saturated carbocycles. The van der Waals surface area contributed by atoms with Gasteiger partial charge in [-0.15, -0.1) is 0 Å². The van der Waals surface area contributed by atoms with Gasteiger partial charge in [-0.1, -0.05) is 60.7 Å². The van der Waals surface area contributed by atoms with E-state index >= 15 is 0 Å². The van der Waals surface area contributed by atoms with E-state index in [1.54, 1.807) is 12.3 Å². The monoisotopic (exact) mass is 379 g/mol. The number of fused-ring (bicyclic) bond motifs is 2. The lowest BCUT2D eigenvalue weighted by molar-refractivity contribution is 0.0950. The minimum atomic E-state index is -0.347. The van der Waals surface area contributed by atoms with E-state index in [0.717, 1.165) is 32.8 Å². The molecule has 3 aromatic carbocycles. The summed E-state index contributed by atoms with van der Waals surface area (Å²) in [6, 6.07) is 23.8. The highest BCUT2D eigenvalue weighted by molar-refractivity contribution is 6.01. The second-order valence-corrected chi connectivity index (χ2v) is 6.68. The summed E-state index contributed by atoms with van der Waals surface area (Å²) in [6.07, 6.45) is 3.48. The molecule has 0 atom stereocenters. The van der Waals surface area contributed by atoms with Crippen molar-refractivity contribution in [3.63, 3.8) is 0 Å². The Morgan fingerprint density at radius 2 is 1.76 bits per heavy atom. The SMILES string of the molecule is O=C(NN=Cc1c[nH]c2ccccc12)c1cc(-c2cccc3ccccc23)n[nH]1. The quantitative estimate of drug-likeness (QED) is 0.318. The molecule has 2 aromatic heterocycles. The maximum Gasteiger partial charge on any atom is 0.289 e. The van der Waals surface area contributed by atoms with E-state index in [1.165, 1.54) is 0 Å². The Kier molecular flexibility index (Phi) is 4.14. The number of rotatable bonds is 4. The van der Waals surface area contributed by atoms with Gasteiger partial charge in [-0.25, -0.2) is 5.43 Å². The molecule has 0 fully saturated rings. The van der Waals surface area contributed by atoms with Crippen molar-refractivity contribution in [1.29, 1.82) is 0 Å². The number of benzene rings is 3. The fraction of sp³-hybridized carbons (Fsp3) is 0. The number of hydrogen-bond acceptors (Lipinski definition) is 3. The molecule has 5 rings (SSSR count). The molecule has 140 valence electrons. The van der Waals surface area contributed by atoms with Crippen LogP contribution in [0.3, 0.4) is 0 Å². The third kappa shape index (κ3) is 3.17. The fourth-order valence-electron chi connectivity index (χ4n) is 3.45. The predicted octanol–water partition coefficient (Wildman–Crippen LogP) is 4.48. The molecule has 0 unspecified atom stereocenters. The van der Waals surface area contributed by atoms with Crippen molar-refractivity contribution in [2.75, 3.05) is 0 Å². The van der Waals surface area contributed by atoms with Gasteiger partial charge in [0.25, 0.3) is 5.91 Å². The normalized spacial score (nSPS) is 11.4. The minimum absolute atomic E-state index is 0.347. The van der Waals surface area contributed by atoms with Crippen LogP contribution < -0.4 is 5.43 Å². The Bertz CT molecular complexity index is 1360. The third-order valence-corrected chi connectivity index (χ3v) is 4.88. The molecule has 0 aliphatic rings. The van der Waals surface area contributed by atoms with Crippen molar-refractivity contribution < 1.29 is 4.79 Å². The molecule has 0 bridgehead atoms. The van der Waals surface area contributed by atoms with Crippen molar-refractivity contribution in [3.05, 3.63) is 90.3 Å². The standard InChI is InChI=1S/C23H17N5O/c29-23(28-25-14-16-13-24-20-11-4-3-9-18(16)20)22-12-21(26-27-22)19-10-5-7-15-6-1-2-8-17(15)19/h1-14,24H,(H,26,27)(H,28,29). The zero-order valence-corrected chi connectivity index (χ0v) is 15.4. The smallest absolute Gasteiger partial charge is 0.289 e. The van der Waals surface area contributed by atoms with Gasteiger partial charge in [0.15, 0.2) is 0 Å². The molecular weight excluding hydrogens is 362 g/mol. The molecule has 6 nitrogen and oxygen atoms in total. The number of aromatic nitrogens is 3. The topological polar surface area (TPSA) is 85.9 Å². The summed E-state index contributed by atoms with van der Waals surface area (Å²) in [5.41, 5.74) is 6.51. The Hall–Kier alpha value is -4.19. The van der Waals surface area contributed by atoms with E-state index in [-0.39, 0.29) is 5.91 Å². The highest BCUT2D eigenvalue weighted by atomic mass is 16.2. The number of H-pyrrole nitrogens is 2. The summed E-state index contributed by atoms with van der Waals surface area (Å²) < 4.78 is 0.